The third kappa shape index (κ3) is 6.26. The van der Waals surface area contributed by atoms with Gasteiger partial charge in [-0.25, -0.2) is 0 Å². The molecule has 0 rings (SSSR count). The van der Waals surface area contributed by atoms with Crippen LogP contribution in [0.4, 0.5) is 0 Å². The van der Waals surface area contributed by atoms with Gasteiger partial charge in [-0.1, -0.05) is 27.7 Å². The van der Waals surface area contributed by atoms with Gasteiger partial charge in [-0.2, -0.15) is 0 Å². The number of carbonyl (C=O) groups excluding carboxylic acids is 1. The molecule has 0 saturated heterocycles. The summed E-state index contributed by atoms with van der Waals surface area (Å²) in [5.74, 6) is -0.660. The standard InChI is InChI=1S/C12H24N2O3/c1-8(2)6-13-10(15)7-14(5)11(9(3)4)12(16)17/h8-9,11H,6-7H2,1-5H3,(H,13,15)(H,16,17). The molecule has 0 aromatic heterocycles. The highest BCUT2D eigenvalue weighted by Crippen LogP contribution is 2.08. The van der Waals surface area contributed by atoms with Crippen molar-refractivity contribution in [3.63, 3.8) is 0 Å². The van der Waals surface area contributed by atoms with E-state index in [9.17, 15) is 9.59 Å². The monoisotopic (exact) mass is 244 g/mol. The number of hydrogen-bond acceptors (Lipinski definition) is 3. The lowest BCUT2D eigenvalue weighted by molar-refractivity contribution is -0.145. The molecule has 0 saturated carbocycles. The number of carbonyl (C=O) groups is 2. The summed E-state index contributed by atoms with van der Waals surface area (Å²) >= 11 is 0. The van der Waals surface area contributed by atoms with Gasteiger partial charge in [-0.05, 0) is 18.9 Å². The Morgan fingerprint density at radius 2 is 1.76 bits per heavy atom. The third-order valence-electron chi connectivity index (χ3n) is 2.46. The molecule has 17 heavy (non-hydrogen) atoms. The lowest BCUT2D eigenvalue weighted by atomic mass is 10.0. The van der Waals surface area contributed by atoms with Crippen molar-refractivity contribution in [1.82, 2.24) is 10.2 Å². The second-order valence-corrected chi connectivity index (χ2v) is 5.14. The summed E-state index contributed by atoms with van der Waals surface area (Å²) in [5.41, 5.74) is 0. The summed E-state index contributed by atoms with van der Waals surface area (Å²) in [6.45, 7) is 8.42. The van der Waals surface area contributed by atoms with E-state index in [0.29, 0.717) is 12.5 Å². The van der Waals surface area contributed by atoms with Crippen molar-refractivity contribution >= 4 is 11.9 Å². The maximum absolute atomic E-state index is 11.6. The zero-order chi connectivity index (χ0) is 13.6. The molecule has 0 radical (unpaired) electrons. The first-order valence-electron chi connectivity index (χ1n) is 5.95. The molecule has 0 fully saturated rings. The van der Waals surface area contributed by atoms with Crippen LogP contribution in [0.1, 0.15) is 27.7 Å². The van der Waals surface area contributed by atoms with Crippen LogP contribution in [0.25, 0.3) is 0 Å². The molecule has 100 valence electrons. The van der Waals surface area contributed by atoms with Gasteiger partial charge in [-0.15, -0.1) is 0 Å². The minimum Gasteiger partial charge on any atom is -0.480 e. The SMILES string of the molecule is CC(C)CNC(=O)CN(C)C(C(=O)O)C(C)C. The number of aliphatic carboxylic acids is 1. The van der Waals surface area contributed by atoms with Gasteiger partial charge in [0.05, 0.1) is 6.54 Å². The fourth-order valence-corrected chi connectivity index (χ4v) is 1.68. The lowest BCUT2D eigenvalue weighted by Gasteiger charge is -2.27. The lowest BCUT2D eigenvalue weighted by Crippen LogP contribution is -2.47. The maximum atomic E-state index is 11.6. The second kappa shape index (κ2) is 7.27. The van der Waals surface area contributed by atoms with E-state index in [1.165, 1.54) is 0 Å². The Bertz CT molecular complexity index is 264. The average Bonchev–Trinajstić information content (AvgIpc) is 2.12. The number of rotatable bonds is 7. The first-order chi connectivity index (χ1) is 7.75. The number of nitrogens with one attached hydrogen (secondary N) is 1. The molecule has 0 aliphatic heterocycles. The predicted octanol–water partition coefficient (Wildman–Crippen LogP) is 0.800. The molecule has 5 heteroatoms. The van der Waals surface area contributed by atoms with Crippen molar-refractivity contribution in [2.75, 3.05) is 20.1 Å². The Kier molecular flexibility index (Phi) is 6.80. The van der Waals surface area contributed by atoms with Crippen molar-refractivity contribution < 1.29 is 14.7 Å². The van der Waals surface area contributed by atoms with E-state index in [1.54, 1.807) is 11.9 Å². The highest BCUT2D eigenvalue weighted by atomic mass is 16.4. The number of nitrogens with zero attached hydrogens (tertiary/aromatic N) is 1. The summed E-state index contributed by atoms with van der Waals surface area (Å²) in [6.07, 6.45) is 0. The normalized spacial score (nSPS) is 13.2. The molecule has 0 bridgehead atoms. The van der Waals surface area contributed by atoms with Gasteiger partial charge in [-0.3, -0.25) is 14.5 Å². The molecular formula is C12H24N2O3. The topological polar surface area (TPSA) is 69.6 Å². The number of amides is 1. The van der Waals surface area contributed by atoms with Gasteiger partial charge in [0, 0.05) is 6.54 Å². The molecule has 0 aliphatic carbocycles. The van der Waals surface area contributed by atoms with Crippen molar-refractivity contribution in [3.8, 4) is 0 Å². The molecular weight excluding hydrogens is 220 g/mol. The van der Waals surface area contributed by atoms with E-state index >= 15 is 0 Å². The molecule has 0 heterocycles. The zero-order valence-corrected chi connectivity index (χ0v) is 11.4. The van der Waals surface area contributed by atoms with Crippen LogP contribution in [0, 0.1) is 11.8 Å². The Balaban J connectivity index is 4.26. The van der Waals surface area contributed by atoms with Crippen LogP contribution in [0.2, 0.25) is 0 Å². The molecule has 0 aromatic carbocycles. The minimum absolute atomic E-state index is 0.0320. The van der Waals surface area contributed by atoms with Gasteiger partial charge in [0.2, 0.25) is 5.91 Å². The van der Waals surface area contributed by atoms with Crippen LogP contribution in [-0.4, -0.2) is 48.1 Å². The Morgan fingerprint density at radius 1 is 1.24 bits per heavy atom. The van der Waals surface area contributed by atoms with Crippen LogP contribution in [0.15, 0.2) is 0 Å². The van der Waals surface area contributed by atoms with Crippen LogP contribution in [0.5, 0.6) is 0 Å². The molecule has 1 atom stereocenters. The molecule has 0 spiro atoms. The Morgan fingerprint density at radius 3 is 2.12 bits per heavy atom. The molecule has 0 aromatic rings. The second-order valence-electron chi connectivity index (χ2n) is 5.14. The summed E-state index contributed by atoms with van der Waals surface area (Å²) in [4.78, 5) is 24.2. The van der Waals surface area contributed by atoms with E-state index < -0.39 is 12.0 Å². The van der Waals surface area contributed by atoms with Crippen molar-refractivity contribution in [2.24, 2.45) is 11.8 Å². The highest BCUT2D eigenvalue weighted by Gasteiger charge is 2.27. The smallest absolute Gasteiger partial charge is 0.321 e. The number of carboxylic acids is 1. The van der Waals surface area contributed by atoms with E-state index in [2.05, 4.69) is 5.32 Å². The third-order valence-corrected chi connectivity index (χ3v) is 2.46. The van der Waals surface area contributed by atoms with Crippen LogP contribution >= 0.6 is 0 Å². The highest BCUT2D eigenvalue weighted by molar-refractivity contribution is 5.79. The summed E-state index contributed by atoms with van der Waals surface area (Å²) in [7, 11) is 1.66. The Labute approximate surface area is 103 Å². The van der Waals surface area contributed by atoms with Crippen LogP contribution in [-0.2, 0) is 9.59 Å². The van der Waals surface area contributed by atoms with Crippen molar-refractivity contribution in [1.29, 1.82) is 0 Å². The van der Waals surface area contributed by atoms with Crippen LogP contribution in [0.3, 0.4) is 0 Å². The first-order valence-corrected chi connectivity index (χ1v) is 5.95. The maximum Gasteiger partial charge on any atom is 0.321 e. The van der Waals surface area contributed by atoms with Crippen molar-refractivity contribution in [3.05, 3.63) is 0 Å². The zero-order valence-electron chi connectivity index (χ0n) is 11.4. The predicted molar refractivity (Wildman–Crippen MR) is 66.7 cm³/mol. The number of likely N-dealkylation sites (N-methyl/N-ethyl adjacent to an activating group) is 1. The average molecular weight is 244 g/mol. The largest absolute Gasteiger partial charge is 0.480 e. The summed E-state index contributed by atoms with van der Waals surface area (Å²) in [5, 5.41) is 11.8. The van der Waals surface area contributed by atoms with E-state index in [4.69, 9.17) is 5.11 Å². The number of hydrogen-bond donors (Lipinski definition) is 2. The number of carboxylic acid groups (broad SMARTS) is 1. The fraction of sp³-hybridized carbons (Fsp3) is 0.833. The van der Waals surface area contributed by atoms with Gasteiger partial charge in [0.1, 0.15) is 6.04 Å². The van der Waals surface area contributed by atoms with Crippen LogP contribution < -0.4 is 5.32 Å². The summed E-state index contributed by atoms with van der Waals surface area (Å²) < 4.78 is 0. The molecule has 2 N–H and O–H groups in total. The first kappa shape index (κ1) is 15.9. The van der Waals surface area contributed by atoms with Gasteiger partial charge in [0.15, 0.2) is 0 Å². The fourth-order valence-electron chi connectivity index (χ4n) is 1.68. The van der Waals surface area contributed by atoms with Gasteiger partial charge in [0.25, 0.3) is 0 Å². The Hall–Kier alpha value is -1.10. The van der Waals surface area contributed by atoms with Gasteiger partial charge >= 0.3 is 5.97 Å². The molecule has 1 unspecified atom stereocenters. The van der Waals surface area contributed by atoms with Crippen molar-refractivity contribution in [2.45, 2.75) is 33.7 Å². The molecule has 1 amide bonds. The minimum atomic E-state index is -0.890. The van der Waals surface area contributed by atoms with E-state index in [1.807, 2.05) is 27.7 Å². The van der Waals surface area contributed by atoms with E-state index in [0.717, 1.165) is 0 Å². The summed E-state index contributed by atoms with van der Waals surface area (Å²) in [6, 6.07) is -0.625. The quantitative estimate of drug-likeness (QED) is 0.695. The molecule has 5 nitrogen and oxygen atoms in total. The van der Waals surface area contributed by atoms with Gasteiger partial charge < -0.3 is 10.4 Å². The van der Waals surface area contributed by atoms with E-state index in [-0.39, 0.29) is 18.4 Å². The molecule has 0 aliphatic rings.